The molecule has 4 rings (SSSR count). The van der Waals surface area contributed by atoms with Gasteiger partial charge in [-0.25, -0.2) is 9.97 Å². The Kier molecular flexibility index (Phi) is 4.65. The van der Waals surface area contributed by atoms with Crippen LogP contribution in [0.2, 0.25) is 0 Å². The van der Waals surface area contributed by atoms with E-state index in [1.54, 1.807) is 11.3 Å². The van der Waals surface area contributed by atoms with Crippen LogP contribution in [0.3, 0.4) is 0 Å². The van der Waals surface area contributed by atoms with Gasteiger partial charge in [-0.15, -0.1) is 11.3 Å². The van der Waals surface area contributed by atoms with Crippen molar-refractivity contribution in [2.24, 2.45) is 0 Å². The Hall–Kier alpha value is -2.02. The van der Waals surface area contributed by atoms with Gasteiger partial charge >= 0.3 is 0 Å². The zero-order chi connectivity index (χ0) is 17.2. The Bertz CT molecular complexity index is 864. The highest BCUT2D eigenvalue weighted by Crippen LogP contribution is 2.36. The van der Waals surface area contributed by atoms with Crippen LogP contribution in [0, 0.1) is 6.92 Å². The summed E-state index contributed by atoms with van der Waals surface area (Å²) in [4.78, 5) is 12.6. The maximum absolute atomic E-state index is 5.86. The number of aryl methyl sites for hydroxylation is 1. The number of fused-ring (bicyclic) bond motifs is 1. The molecule has 0 bridgehead atoms. The first-order chi connectivity index (χ1) is 12.2. The molecule has 1 N–H and O–H groups in total. The lowest BCUT2D eigenvalue weighted by Gasteiger charge is -2.30. The summed E-state index contributed by atoms with van der Waals surface area (Å²) in [7, 11) is 2.13. The highest BCUT2D eigenvalue weighted by atomic mass is 32.1. The van der Waals surface area contributed by atoms with Gasteiger partial charge < -0.3 is 15.0 Å². The van der Waals surface area contributed by atoms with E-state index in [1.165, 1.54) is 11.1 Å². The number of aromatic nitrogens is 2. The number of likely N-dealkylation sites (N-methyl/N-ethyl adjacent to an activating group) is 1. The van der Waals surface area contributed by atoms with Crippen molar-refractivity contribution in [2.75, 3.05) is 38.6 Å². The highest BCUT2D eigenvalue weighted by Gasteiger charge is 2.19. The standard InChI is InChI=1S/C19H22N4OS/c1-13-21-18(20-10-15-11-23(2)8-9-24-15)17-16(12-25-19(17)22-13)14-6-4-3-5-7-14/h3-7,12,15H,8-11H2,1-2H3,(H,20,21,22). The van der Waals surface area contributed by atoms with E-state index in [0.717, 1.165) is 48.1 Å². The molecule has 3 aromatic rings. The summed E-state index contributed by atoms with van der Waals surface area (Å²) in [6, 6.07) is 10.4. The molecule has 130 valence electrons. The molecule has 1 atom stereocenters. The summed E-state index contributed by atoms with van der Waals surface area (Å²) >= 11 is 1.67. The van der Waals surface area contributed by atoms with Crippen LogP contribution in [-0.4, -0.2) is 54.3 Å². The van der Waals surface area contributed by atoms with Gasteiger partial charge in [-0.05, 0) is 19.5 Å². The average Bonchev–Trinajstić information content (AvgIpc) is 3.04. The van der Waals surface area contributed by atoms with E-state index in [4.69, 9.17) is 4.74 Å². The number of nitrogens with one attached hydrogen (secondary N) is 1. The lowest BCUT2D eigenvalue weighted by atomic mass is 10.1. The SMILES string of the molecule is Cc1nc(NCC2CN(C)CCO2)c2c(-c3ccccc3)csc2n1. The van der Waals surface area contributed by atoms with Crippen LogP contribution in [0.25, 0.3) is 21.3 Å². The number of nitrogens with zero attached hydrogens (tertiary/aromatic N) is 3. The van der Waals surface area contributed by atoms with Crippen molar-refractivity contribution in [1.29, 1.82) is 0 Å². The molecule has 0 amide bonds. The van der Waals surface area contributed by atoms with Gasteiger partial charge in [0.05, 0.1) is 18.1 Å². The average molecular weight is 354 g/mol. The molecule has 6 heteroatoms. The Labute approximate surface area is 151 Å². The maximum atomic E-state index is 5.86. The van der Waals surface area contributed by atoms with Crippen LogP contribution in [0.4, 0.5) is 5.82 Å². The van der Waals surface area contributed by atoms with Gasteiger partial charge in [0.15, 0.2) is 0 Å². The second kappa shape index (κ2) is 7.07. The fraction of sp³-hybridized carbons (Fsp3) is 0.368. The molecular weight excluding hydrogens is 332 g/mol. The summed E-state index contributed by atoms with van der Waals surface area (Å²) in [5, 5.41) is 6.79. The molecule has 0 saturated carbocycles. The molecule has 1 fully saturated rings. The zero-order valence-electron chi connectivity index (χ0n) is 14.5. The third-order valence-corrected chi connectivity index (χ3v) is 5.34. The largest absolute Gasteiger partial charge is 0.374 e. The minimum Gasteiger partial charge on any atom is -0.374 e. The van der Waals surface area contributed by atoms with E-state index in [0.29, 0.717) is 0 Å². The lowest BCUT2D eigenvalue weighted by molar-refractivity contribution is -0.0117. The Morgan fingerprint density at radius 3 is 2.92 bits per heavy atom. The Morgan fingerprint density at radius 1 is 1.28 bits per heavy atom. The third kappa shape index (κ3) is 3.51. The molecule has 5 nitrogen and oxygen atoms in total. The van der Waals surface area contributed by atoms with E-state index in [1.807, 2.05) is 13.0 Å². The van der Waals surface area contributed by atoms with Crippen molar-refractivity contribution < 1.29 is 4.74 Å². The van der Waals surface area contributed by atoms with Crippen molar-refractivity contribution in [3.8, 4) is 11.1 Å². The highest BCUT2D eigenvalue weighted by molar-refractivity contribution is 7.17. The molecule has 3 heterocycles. The molecule has 1 saturated heterocycles. The summed E-state index contributed by atoms with van der Waals surface area (Å²) in [6.45, 7) is 5.41. The van der Waals surface area contributed by atoms with Crippen LogP contribution in [0.15, 0.2) is 35.7 Å². The van der Waals surface area contributed by atoms with Crippen molar-refractivity contribution in [3.63, 3.8) is 0 Å². The van der Waals surface area contributed by atoms with Gasteiger partial charge in [0, 0.05) is 30.6 Å². The smallest absolute Gasteiger partial charge is 0.139 e. The number of anilines is 1. The van der Waals surface area contributed by atoms with E-state index in [9.17, 15) is 0 Å². The third-order valence-electron chi connectivity index (χ3n) is 4.47. The van der Waals surface area contributed by atoms with Crippen molar-refractivity contribution in [3.05, 3.63) is 41.5 Å². The Morgan fingerprint density at radius 2 is 2.12 bits per heavy atom. The van der Waals surface area contributed by atoms with Gasteiger partial charge in [-0.1, -0.05) is 30.3 Å². The van der Waals surface area contributed by atoms with Crippen molar-refractivity contribution in [2.45, 2.75) is 13.0 Å². The van der Waals surface area contributed by atoms with Crippen LogP contribution in [-0.2, 0) is 4.74 Å². The monoisotopic (exact) mass is 354 g/mol. The number of morpholine rings is 1. The fourth-order valence-electron chi connectivity index (χ4n) is 3.21. The number of hydrogen-bond donors (Lipinski definition) is 1. The van der Waals surface area contributed by atoms with E-state index < -0.39 is 0 Å². The molecule has 2 aromatic heterocycles. The van der Waals surface area contributed by atoms with Gasteiger partial charge in [0.1, 0.15) is 16.5 Å². The van der Waals surface area contributed by atoms with Crippen LogP contribution in [0.1, 0.15) is 5.82 Å². The van der Waals surface area contributed by atoms with Gasteiger partial charge in [0.25, 0.3) is 0 Å². The number of rotatable bonds is 4. The first kappa shape index (κ1) is 16.4. The first-order valence-corrected chi connectivity index (χ1v) is 9.44. The predicted octanol–water partition coefficient (Wildman–Crippen LogP) is 3.41. The van der Waals surface area contributed by atoms with Crippen LogP contribution in [0.5, 0.6) is 0 Å². The summed E-state index contributed by atoms with van der Waals surface area (Å²) in [6.07, 6.45) is 0.183. The van der Waals surface area contributed by atoms with E-state index >= 15 is 0 Å². The van der Waals surface area contributed by atoms with Gasteiger partial charge in [0.2, 0.25) is 0 Å². The van der Waals surface area contributed by atoms with Crippen molar-refractivity contribution in [1.82, 2.24) is 14.9 Å². The molecular formula is C19H22N4OS. The molecule has 0 radical (unpaired) electrons. The van der Waals surface area contributed by atoms with Crippen molar-refractivity contribution >= 4 is 27.4 Å². The first-order valence-electron chi connectivity index (χ1n) is 8.56. The maximum Gasteiger partial charge on any atom is 0.139 e. The minimum absolute atomic E-state index is 0.183. The Balaban J connectivity index is 1.66. The van der Waals surface area contributed by atoms with E-state index in [-0.39, 0.29) is 6.10 Å². The summed E-state index contributed by atoms with van der Waals surface area (Å²) in [5.41, 5.74) is 2.38. The number of benzene rings is 1. The molecule has 25 heavy (non-hydrogen) atoms. The molecule has 1 aromatic carbocycles. The molecule has 1 aliphatic rings. The molecule has 1 aliphatic heterocycles. The van der Waals surface area contributed by atoms with Gasteiger partial charge in [-0.3, -0.25) is 0 Å². The zero-order valence-corrected chi connectivity index (χ0v) is 15.3. The lowest BCUT2D eigenvalue weighted by Crippen LogP contribution is -2.43. The fourth-order valence-corrected chi connectivity index (χ4v) is 4.20. The van der Waals surface area contributed by atoms with Crippen LogP contribution >= 0.6 is 11.3 Å². The van der Waals surface area contributed by atoms with Crippen LogP contribution < -0.4 is 5.32 Å². The summed E-state index contributed by atoms with van der Waals surface area (Å²) in [5.74, 6) is 1.69. The normalized spacial score (nSPS) is 18.6. The quantitative estimate of drug-likeness (QED) is 0.778. The number of hydrogen-bond acceptors (Lipinski definition) is 6. The number of thiophene rings is 1. The summed E-state index contributed by atoms with van der Waals surface area (Å²) < 4.78 is 5.86. The molecule has 0 aliphatic carbocycles. The molecule has 1 unspecified atom stereocenters. The predicted molar refractivity (Wildman–Crippen MR) is 103 cm³/mol. The second-order valence-electron chi connectivity index (χ2n) is 6.45. The number of ether oxygens (including phenoxy) is 1. The van der Waals surface area contributed by atoms with E-state index in [2.05, 4.69) is 56.9 Å². The van der Waals surface area contributed by atoms with Gasteiger partial charge in [-0.2, -0.15) is 0 Å². The molecule has 0 spiro atoms. The minimum atomic E-state index is 0.183. The second-order valence-corrected chi connectivity index (χ2v) is 7.31. The topological polar surface area (TPSA) is 50.3 Å².